The molecule has 1 aromatic rings. The van der Waals surface area contributed by atoms with Gasteiger partial charge in [0.1, 0.15) is 22.4 Å². The van der Waals surface area contributed by atoms with Gasteiger partial charge in [-0.2, -0.15) is 10.6 Å². The van der Waals surface area contributed by atoms with Crippen molar-refractivity contribution < 1.29 is 23.4 Å². The number of amidine groups is 1. The number of carboxylic acid groups (broad SMARTS) is 1. The molecule has 3 atom stereocenters. The minimum absolute atomic E-state index is 0.000301. The van der Waals surface area contributed by atoms with Gasteiger partial charge in [-0.25, -0.2) is 9.18 Å². The molecule has 1 amide bonds. The van der Waals surface area contributed by atoms with Crippen molar-refractivity contribution in [2.75, 3.05) is 0 Å². The molecule has 2 aliphatic heterocycles. The highest BCUT2D eigenvalue weighted by molar-refractivity contribution is 9.10. The van der Waals surface area contributed by atoms with Gasteiger partial charge >= 0.3 is 6.09 Å². The van der Waals surface area contributed by atoms with Crippen LogP contribution in [0.2, 0.25) is 0 Å². The Morgan fingerprint density at radius 2 is 2.17 bits per heavy atom. The Hall–Kier alpha value is -1.16. The molecule has 6 nitrogen and oxygen atoms in total. The first-order valence-corrected chi connectivity index (χ1v) is 9.94. The van der Waals surface area contributed by atoms with Crippen LogP contribution in [0.25, 0.3) is 0 Å². The summed E-state index contributed by atoms with van der Waals surface area (Å²) >= 11 is 3.30. The monoisotopic (exact) mass is 420 g/mol. The van der Waals surface area contributed by atoms with E-state index in [1.54, 1.807) is 19.1 Å². The first-order valence-electron chi connectivity index (χ1n) is 7.47. The average Bonchev–Trinajstić information content (AvgIpc) is 2.45. The van der Waals surface area contributed by atoms with Gasteiger partial charge in [0.15, 0.2) is 0 Å². The van der Waals surface area contributed by atoms with Gasteiger partial charge in [0.25, 0.3) is 0 Å². The Balaban J connectivity index is 2.22. The lowest BCUT2D eigenvalue weighted by molar-refractivity contribution is 0.199. The first kappa shape index (κ1) is 17.7. The lowest BCUT2D eigenvalue weighted by atomic mass is 9.84. The molecular weight excluding hydrogens is 403 g/mol. The second-order valence-electron chi connectivity index (χ2n) is 6.25. The molecular formula is C15H18BrFN2O4S. The highest BCUT2D eigenvalue weighted by atomic mass is 79.9. The summed E-state index contributed by atoms with van der Waals surface area (Å²) in [5, 5.41) is 9.82. The molecule has 3 rings (SSSR count). The predicted octanol–water partition coefficient (Wildman–Crippen LogP) is 4.15. The van der Waals surface area contributed by atoms with Crippen molar-refractivity contribution in [3.63, 3.8) is 0 Å². The number of nitrogens with one attached hydrogen (secondary N) is 1. The first-order chi connectivity index (χ1) is 11.2. The summed E-state index contributed by atoms with van der Waals surface area (Å²) in [5.74, 6) is -0.515. The van der Waals surface area contributed by atoms with E-state index in [-0.39, 0.29) is 11.4 Å². The van der Waals surface area contributed by atoms with Crippen molar-refractivity contribution in [3.8, 4) is 0 Å². The third-order valence-corrected chi connectivity index (χ3v) is 8.09. The van der Waals surface area contributed by atoms with Crippen LogP contribution in [0.15, 0.2) is 27.7 Å². The lowest BCUT2D eigenvalue weighted by Crippen LogP contribution is -2.56. The number of hydrogen-bond acceptors (Lipinski definition) is 4. The van der Waals surface area contributed by atoms with E-state index in [1.807, 2.05) is 0 Å². The molecule has 4 N–H and O–H groups in total. The van der Waals surface area contributed by atoms with Gasteiger partial charge in [-0.05, 0) is 44.4 Å². The number of halogens is 2. The van der Waals surface area contributed by atoms with Crippen molar-refractivity contribution >= 4 is 38.4 Å². The number of benzene rings is 1. The zero-order valence-corrected chi connectivity index (χ0v) is 15.3. The fraction of sp³-hybridized carbons (Fsp3) is 0.467. The Morgan fingerprint density at radius 3 is 2.83 bits per heavy atom. The van der Waals surface area contributed by atoms with Crippen molar-refractivity contribution in [3.05, 3.63) is 34.1 Å². The maximum atomic E-state index is 14.5. The van der Waals surface area contributed by atoms with Crippen LogP contribution in [-0.2, 0) is 5.54 Å². The van der Waals surface area contributed by atoms with Crippen molar-refractivity contribution in [2.45, 2.75) is 42.2 Å². The molecule has 24 heavy (non-hydrogen) atoms. The van der Waals surface area contributed by atoms with Gasteiger partial charge in [0, 0.05) is 10.0 Å². The van der Waals surface area contributed by atoms with Crippen LogP contribution in [-0.4, -0.2) is 36.6 Å². The molecule has 1 aromatic carbocycles. The lowest BCUT2D eigenvalue weighted by Gasteiger charge is -2.57. The average molecular weight is 421 g/mol. The molecule has 0 spiro atoms. The number of aliphatic imine (C=N–C) groups is 1. The molecule has 0 saturated carbocycles. The van der Waals surface area contributed by atoms with Crippen molar-refractivity contribution in [2.24, 2.45) is 4.99 Å². The number of fused-ring (bicyclic) bond motifs is 2. The van der Waals surface area contributed by atoms with E-state index in [4.69, 9.17) is 5.11 Å². The molecule has 132 valence electrons. The largest absolute Gasteiger partial charge is 0.465 e. The predicted molar refractivity (Wildman–Crippen MR) is 94.3 cm³/mol. The fourth-order valence-electron chi connectivity index (χ4n) is 3.68. The molecule has 0 aliphatic carbocycles. The normalized spacial score (nSPS) is 32.6. The maximum absolute atomic E-state index is 14.5. The summed E-state index contributed by atoms with van der Waals surface area (Å²) in [7, 11) is -3.18. The summed E-state index contributed by atoms with van der Waals surface area (Å²) < 4.78 is 36.7. The summed E-state index contributed by atoms with van der Waals surface area (Å²) in [5.41, 5.74) is -1.05. The summed E-state index contributed by atoms with van der Waals surface area (Å²) in [4.78, 5) is 15.6. The molecule has 0 radical (unpaired) electrons. The summed E-state index contributed by atoms with van der Waals surface area (Å²) in [6, 6.07) is 4.39. The zero-order chi connectivity index (χ0) is 17.7. The van der Waals surface area contributed by atoms with E-state index in [9.17, 15) is 18.3 Å². The molecule has 0 aromatic heterocycles. The van der Waals surface area contributed by atoms with E-state index in [0.29, 0.717) is 23.7 Å². The number of amides is 1. The van der Waals surface area contributed by atoms with Gasteiger partial charge in [-0.15, -0.1) is 0 Å². The van der Waals surface area contributed by atoms with Gasteiger partial charge < -0.3 is 5.11 Å². The van der Waals surface area contributed by atoms with E-state index >= 15 is 0 Å². The standard InChI is InChI=1S/C15H18BrFN2O4S/c1-15(9-7-8(16)5-6-10(9)17)12-4-2-3-11(24(12,22)23)13(19-15)18-14(20)21/h5-7,11-12,22-23H,2-4H2,1H3,(H,18,19)(H,20,21)/t11-,12+,15+/m0/s1. The van der Waals surface area contributed by atoms with Crippen LogP contribution in [0.3, 0.4) is 0 Å². The van der Waals surface area contributed by atoms with Gasteiger partial charge in [-0.1, -0.05) is 15.9 Å². The maximum Gasteiger partial charge on any atom is 0.410 e. The minimum Gasteiger partial charge on any atom is -0.465 e. The Bertz CT molecular complexity index is 729. The number of rotatable bonds is 1. The van der Waals surface area contributed by atoms with E-state index < -0.39 is 38.5 Å². The van der Waals surface area contributed by atoms with E-state index in [2.05, 4.69) is 26.2 Å². The third-order valence-electron chi connectivity index (χ3n) is 4.76. The number of hydrogen-bond donors (Lipinski definition) is 4. The van der Waals surface area contributed by atoms with Crippen LogP contribution in [0.5, 0.6) is 0 Å². The van der Waals surface area contributed by atoms with Crippen LogP contribution in [0.1, 0.15) is 31.7 Å². The SMILES string of the molecule is C[C@]1(c2cc(Br)ccc2F)N=C(NC(=O)O)[C@@H]2CCC[C@H]1S2(O)O. The van der Waals surface area contributed by atoms with Gasteiger partial charge in [0.05, 0.1) is 5.25 Å². The number of nitrogens with zero attached hydrogens (tertiary/aromatic N) is 1. The Morgan fingerprint density at radius 1 is 1.46 bits per heavy atom. The second kappa shape index (κ2) is 5.98. The van der Waals surface area contributed by atoms with Crippen molar-refractivity contribution in [1.82, 2.24) is 5.32 Å². The van der Waals surface area contributed by atoms with Crippen LogP contribution < -0.4 is 5.32 Å². The molecule has 0 unspecified atom stereocenters. The van der Waals surface area contributed by atoms with Crippen LogP contribution >= 0.6 is 26.5 Å². The highest BCUT2D eigenvalue weighted by Gasteiger charge is 2.55. The second-order valence-corrected chi connectivity index (χ2v) is 9.58. The van der Waals surface area contributed by atoms with Crippen LogP contribution in [0, 0.1) is 5.82 Å². The fourth-order valence-corrected chi connectivity index (χ4v) is 6.77. The third kappa shape index (κ3) is 2.73. The minimum atomic E-state index is -3.18. The van der Waals surface area contributed by atoms with Crippen molar-refractivity contribution in [1.29, 1.82) is 0 Å². The van der Waals surface area contributed by atoms with E-state index in [0.717, 1.165) is 0 Å². The van der Waals surface area contributed by atoms with E-state index in [1.165, 1.54) is 6.07 Å². The Kier molecular flexibility index (Phi) is 4.40. The van der Waals surface area contributed by atoms with Gasteiger partial charge in [-0.3, -0.25) is 19.4 Å². The quantitative estimate of drug-likeness (QED) is 0.547. The zero-order valence-electron chi connectivity index (χ0n) is 12.9. The number of carbonyl (C=O) groups is 1. The highest BCUT2D eigenvalue weighted by Crippen LogP contribution is 2.64. The molecule has 2 aliphatic rings. The van der Waals surface area contributed by atoms with Crippen LogP contribution in [0.4, 0.5) is 9.18 Å². The van der Waals surface area contributed by atoms with Gasteiger partial charge in [0.2, 0.25) is 0 Å². The molecule has 9 heteroatoms. The topological polar surface area (TPSA) is 102 Å². The summed E-state index contributed by atoms with van der Waals surface area (Å²) in [6.07, 6.45) is 0.293. The molecule has 1 saturated heterocycles. The molecule has 2 heterocycles. The molecule has 2 bridgehead atoms. The summed E-state index contributed by atoms with van der Waals surface area (Å²) in [6.45, 7) is 1.63. The Labute approximate surface area is 148 Å². The smallest absolute Gasteiger partial charge is 0.410 e. The molecule has 1 fully saturated rings.